The Morgan fingerprint density at radius 2 is 1.64 bits per heavy atom. The van der Waals surface area contributed by atoms with E-state index in [1.54, 1.807) is 6.20 Å². The van der Waals surface area contributed by atoms with E-state index in [4.69, 9.17) is 17.5 Å². The summed E-state index contributed by atoms with van der Waals surface area (Å²) >= 11 is 0. The summed E-state index contributed by atoms with van der Waals surface area (Å²) in [5, 5.41) is 28.5. The third kappa shape index (κ3) is 12.5. The maximum Gasteiger partial charge on any atom is 0.394 e. The zero-order valence-corrected chi connectivity index (χ0v) is 29.5. The van der Waals surface area contributed by atoms with Gasteiger partial charge in [-0.25, -0.2) is 0 Å². The lowest BCUT2D eigenvalue weighted by Crippen LogP contribution is -2.61. The third-order valence-electron chi connectivity index (χ3n) is 8.70. The molecule has 1 aromatic heterocycles. The summed E-state index contributed by atoms with van der Waals surface area (Å²) < 4.78 is 31.6. The highest BCUT2D eigenvalue weighted by Crippen LogP contribution is 2.32. The summed E-state index contributed by atoms with van der Waals surface area (Å²) in [6.45, 7) is 8.74. The highest BCUT2D eigenvalue weighted by molar-refractivity contribution is 7.79. The van der Waals surface area contributed by atoms with Gasteiger partial charge in [0.1, 0.15) is 6.04 Å². The second-order valence-electron chi connectivity index (χ2n) is 14.0. The molecule has 1 fully saturated rings. The topological polar surface area (TPSA) is 193 Å². The molecule has 2 heterocycles. The number of amides is 2. The van der Waals surface area contributed by atoms with Gasteiger partial charge in [0.25, 0.3) is 0 Å². The van der Waals surface area contributed by atoms with Crippen LogP contribution in [0.2, 0.25) is 0 Å². The fourth-order valence-corrected chi connectivity index (χ4v) is 6.56. The molecule has 0 radical (unpaired) electrons. The summed E-state index contributed by atoms with van der Waals surface area (Å²) in [5.74, 6) is -0.781. The van der Waals surface area contributed by atoms with Crippen molar-refractivity contribution in [2.75, 3.05) is 26.2 Å². The molecule has 2 aromatic carbocycles. The average molecular weight is 712 g/mol. The molecule has 0 saturated carbocycles. The minimum atomic E-state index is -4.67. The molecule has 5 rings (SSSR count). The lowest BCUT2D eigenvalue weighted by molar-refractivity contribution is -0.132. The number of β-amino-alcohol motifs (C(OH)–C–C–N with tert-alkyl or cyclic N) is 1. The van der Waals surface area contributed by atoms with Crippen LogP contribution in [0.4, 0.5) is 0 Å². The minimum absolute atomic E-state index is 0.0712. The van der Waals surface area contributed by atoms with Crippen LogP contribution in [0.1, 0.15) is 55.5 Å². The molecule has 13 nitrogen and oxygen atoms in total. The van der Waals surface area contributed by atoms with E-state index < -0.39 is 46.1 Å². The van der Waals surface area contributed by atoms with Crippen LogP contribution in [0.5, 0.6) is 0 Å². The molecule has 1 aliphatic carbocycles. The largest absolute Gasteiger partial charge is 0.394 e. The number of aromatic nitrogens is 1. The molecule has 6 N–H and O–H groups in total. The molecule has 1 aliphatic heterocycles. The van der Waals surface area contributed by atoms with Crippen LogP contribution >= 0.6 is 0 Å². The van der Waals surface area contributed by atoms with Gasteiger partial charge in [0.2, 0.25) is 11.8 Å². The molecule has 3 aromatic rings. The molecular weight excluding hydrogens is 662 g/mol. The molecule has 14 heteroatoms. The number of pyridine rings is 1. The van der Waals surface area contributed by atoms with E-state index in [2.05, 4.69) is 25.4 Å². The van der Waals surface area contributed by atoms with Crippen LogP contribution in [-0.2, 0) is 39.4 Å². The Hall–Kier alpha value is -3.76. The van der Waals surface area contributed by atoms with Crippen LogP contribution in [0.25, 0.3) is 0 Å². The number of carbonyl (C=O) groups excluding carboxylic acids is 2. The standard InChI is InChI=1S/C36H47N5O4.H2O4S/c1-36(2,3)39-35(45)31-24-40(22-26-12-9-15-37-21-26)16-17-41(31)23-29(42)19-28(18-25-10-5-4-6-11-25)34(44)38-33-30-14-8-7-13-27(30)20-32(33)43;1-5(2,3)4/h4-15,21,28-29,31-33,42-43H,16-20,22-24H2,1-3H3,(H,38,44)(H,39,45);(H2,1,2,3,4)/t28-,29+,31+,32+,33-;/m0./s1. The van der Waals surface area contributed by atoms with E-state index >= 15 is 0 Å². The van der Waals surface area contributed by atoms with Gasteiger partial charge in [-0.2, -0.15) is 8.42 Å². The van der Waals surface area contributed by atoms with E-state index in [0.29, 0.717) is 32.5 Å². The monoisotopic (exact) mass is 711 g/mol. The highest BCUT2D eigenvalue weighted by atomic mass is 32.3. The number of fused-ring (bicyclic) bond motifs is 1. The van der Waals surface area contributed by atoms with E-state index in [9.17, 15) is 19.8 Å². The van der Waals surface area contributed by atoms with Gasteiger partial charge < -0.3 is 20.8 Å². The number of benzene rings is 2. The van der Waals surface area contributed by atoms with Gasteiger partial charge in [-0.15, -0.1) is 0 Å². The minimum Gasteiger partial charge on any atom is -0.392 e. The smallest absolute Gasteiger partial charge is 0.392 e. The van der Waals surface area contributed by atoms with Crippen molar-refractivity contribution in [3.05, 3.63) is 101 Å². The van der Waals surface area contributed by atoms with E-state index in [1.165, 1.54) is 0 Å². The fraction of sp³-hybridized carbons (Fsp3) is 0.472. The molecule has 2 aliphatic rings. The van der Waals surface area contributed by atoms with E-state index in [1.807, 2.05) is 93.7 Å². The van der Waals surface area contributed by atoms with Crippen molar-refractivity contribution in [1.29, 1.82) is 0 Å². The number of rotatable bonds is 11. The molecule has 272 valence electrons. The van der Waals surface area contributed by atoms with Crippen molar-refractivity contribution in [3.8, 4) is 0 Å². The predicted octanol–water partition coefficient (Wildman–Crippen LogP) is 2.21. The van der Waals surface area contributed by atoms with Crippen molar-refractivity contribution in [3.63, 3.8) is 0 Å². The molecule has 50 heavy (non-hydrogen) atoms. The summed E-state index contributed by atoms with van der Waals surface area (Å²) in [6.07, 6.45) is 3.26. The van der Waals surface area contributed by atoms with Gasteiger partial charge in [-0.1, -0.05) is 60.7 Å². The number of hydrogen-bond donors (Lipinski definition) is 6. The first-order valence-electron chi connectivity index (χ1n) is 16.7. The number of aliphatic hydroxyl groups is 2. The van der Waals surface area contributed by atoms with E-state index in [0.717, 1.165) is 28.8 Å². The Bertz CT molecular complexity index is 1650. The maximum absolute atomic E-state index is 13.8. The van der Waals surface area contributed by atoms with Gasteiger partial charge >= 0.3 is 10.4 Å². The number of nitrogens with one attached hydrogen (secondary N) is 2. The summed E-state index contributed by atoms with van der Waals surface area (Å²) in [5.41, 5.74) is 3.68. The second-order valence-corrected chi connectivity index (χ2v) is 14.9. The summed E-state index contributed by atoms with van der Waals surface area (Å²) in [7, 11) is -4.67. The number of piperazine rings is 1. The molecule has 1 saturated heterocycles. The Morgan fingerprint density at radius 1 is 0.980 bits per heavy atom. The Morgan fingerprint density at radius 3 is 2.30 bits per heavy atom. The molecular formula is C36H49N5O8S. The molecule has 0 unspecified atom stereocenters. The lowest BCUT2D eigenvalue weighted by Gasteiger charge is -2.42. The first kappa shape index (κ1) is 39.0. The van der Waals surface area contributed by atoms with Crippen LogP contribution < -0.4 is 10.6 Å². The number of hydrogen-bond acceptors (Lipinski definition) is 9. The fourth-order valence-electron chi connectivity index (χ4n) is 6.56. The van der Waals surface area contributed by atoms with Crippen LogP contribution in [0.3, 0.4) is 0 Å². The molecule has 0 spiro atoms. The summed E-state index contributed by atoms with van der Waals surface area (Å²) in [4.78, 5) is 35.9. The zero-order valence-electron chi connectivity index (χ0n) is 28.7. The zero-order chi connectivity index (χ0) is 36.5. The number of carbonyl (C=O) groups is 2. The predicted molar refractivity (Wildman–Crippen MR) is 188 cm³/mol. The normalized spacial score (nSPS) is 20.9. The van der Waals surface area contributed by atoms with E-state index in [-0.39, 0.29) is 24.8 Å². The number of nitrogens with zero attached hydrogens (tertiary/aromatic N) is 3. The van der Waals surface area contributed by atoms with Crippen LogP contribution in [-0.4, -0.2) is 104 Å². The molecule has 0 bridgehead atoms. The van der Waals surface area contributed by atoms with Crippen molar-refractivity contribution in [1.82, 2.24) is 25.4 Å². The average Bonchev–Trinajstić information content (AvgIpc) is 3.35. The van der Waals surface area contributed by atoms with Crippen LogP contribution in [0, 0.1) is 5.92 Å². The van der Waals surface area contributed by atoms with Crippen molar-refractivity contribution < 1.29 is 37.3 Å². The maximum atomic E-state index is 13.8. The van der Waals surface area contributed by atoms with Crippen molar-refractivity contribution >= 4 is 22.2 Å². The second kappa shape index (κ2) is 17.4. The Labute approximate surface area is 294 Å². The Kier molecular flexibility index (Phi) is 13.6. The van der Waals surface area contributed by atoms with Crippen molar-refractivity contribution in [2.45, 2.75) is 76.4 Å². The summed E-state index contributed by atoms with van der Waals surface area (Å²) in [6, 6.07) is 20.6. The molecule has 2 amide bonds. The van der Waals surface area contributed by atoms with Gasteiger partial charge in [0, 0.05) is 63.0 Å². The first-order chi connectivity index (χ1) is 23.6. The van der Waals surface area contributed by atoms with Crippen LogP contribution in [0.15, 0.2) is 79.1 Å². The third-order valence-corrected chi connectivity index (χ3v) is 8.70. The SMILES string of the molecule is CC(C)(C)NC(=O)[C@H]1CN(Cc2cccnc2)CCN1C[C@H](O)C[C@H](Cc1ccccc1)C(=O)N[C@H]1c2ccccc2C[C@H]1O.O=S(=O)(O)O. The van der Waals surface area contributed by atoms with Gasteiger partial charge in [-0.3, -0.25) is 33.5 Å². The lowest BCUT2D eigenvalue weighted by atomic mass is 9.91. The molecule has 5 atom stereocenters. The van der Waals surface area contributed by atoms with Gasteiger partial charge in [0.05, 0.1) is 18.2 Å². The van der Waals surface area contributed by atoms with Gasteiger partial charge in [-0.05, 0) is 61.9 Å². The quantitative estimate of drug-likeness (QED) is 0.160. The number of aliphatic hydroxyl groups excluding tert-OH is 2. The highest BCUT2D eigenvalue weighted by Gasteiger charge is 2.37. The van der Waals surface area contributed by atoms with Crippen molar-refractivity contribution in [2.24, 2.45) is 5.92 Å². The van der Waals surface area contributed by atoms with Gasteiger partial charge in [0.15, 0.2) is 0 Å². The first-order valence-corrected chi connectivity index (χ1v) is 18.1. The Balaban J connectivity index is 0.00000105.